The summed E-state index contributed by atoms with van der Waals surface area (Å²) in [4.78, 5) is 13.8. The molecule has 1 aromatic carbocycles. The zero-order chi connectivity index (χ0) is 18.3. The highest BCUT2D eigenvalue weighted by atomic mass is 32.2. The van der Waals surface area contributed by atoms with Gasteiger partial charge in [-0.3, -0.25) is 4.68 Å². The van der Waals surface area contributed by atoms with Crippen molar-refractivity contribution in [3.8, 4) is 11.3 Å². The molecule has 138 valence electrons. The van der Waals surface area contributed by atoms with Crippen LogP contribution in [0.3, 0.4) is 0 Å². The standard InChI is InChI=1S/C21H26N2O2S/c1-4-25-20(24)18-16-13-26-17-10-6-5-9-15(17)19(16)23(22-18)14-8-7-11-21(2,3)12-14/h5-6,9-10,14H,4,7-8,11-13H2,1-3H3. The largest absolute Gasteiger partial charge is 0.461 e. The van der Waals surface area contributed by atoms with Crippen LogP contribution in [-0.4, -0.2) is 22.4 Å². The molecular weight excluding hydrogens is 344 g/mol. The van der Waals surface area contributed by atoms with Crippen molar-refractivity contribution in [2.45, 2.75) is 63.1 Å². The van der Waals surface area contributed by atoms with Crippen LogP contribution in [0.2, 0.25) is 0 Å². The first kappa shape index (κ1) is 17.7. The van der Waals surface area contributed by atoms with E-state index in [0.29, 0.717) is 23.8 Å². The van der Waals surface area contributed by atoms with Crippen molar-refractivity contribution >= 4 is 17.7 Å². The van der Waals surface area contributed by atoms with Gasteiger partial charge in [-0.1, -0.05) is 38.5 Å². The van der Waals surface area contributed by atoms with Gasteiger partial charge in [0.05, 0.1) is 18.3 Å². The zero-order valence-electron chi connectivity index (χ0n) is 15.7. The van der Waals surface area contributed by atoms with E-state index in [2.05, 4.69) is 42.8 Å². The Balaban J connectivity index is 1.85. The Bertz CT molecular complexity index is 841. The Hall–Kier alpha value is -1.75. The van der Waals surface area contributed by atoms with Crippen LogP contribution in [0.4, 0.5) is 0 Å². The lowest BCUT2D eigenvalue weighted by Gasteiger charge is -2.36. The number of aromatic nitrogens is 2. The molecule has 1 atom stereocenters. The fourth-order valence-electron chi connectivity index (χ4n) is 4.32. The molecule has 4 rings (SSSR count). The summed E-state index contributed by atoms with van der Waals surface area (Å²) >= 11 is 1.78. The first-order valence-electron chi connectivity index (χ1n) is 9.51. The van der Waals surface area contributed by atoms with Gasteiger partial charge in [-0.25, -0.2) is 4.79 Å². The smallest absolute Gasteiger partial charge is 0.359 e. The Morgan fingerprint density at radius 2 is 2.19 bits per heavy atom. The highest BCUT2D eigenvalue weighted by molar-refractivity contribution is 7.98. The van der Waals surface area contributed by atoms with E-state index in [-0.39, 0.29) is 5.97 Å². The number of rotatable bonds is 3. The second-order valence-corrected chi connectivity index (χ2v) is 9.06. The first-order chi connectivity index (χ1) is 12.5. The van der Waals surface area contributed by atoms with Gasteiger partial charge in [0.15, 0.2) is 5.69 Å². The van der Waals surface area contributed by atoms with E-state index in [4.69, 9.17) is 9.84 Å². The summed E-state index contributed by atoms with van der Waals surface area (Å²) in [7, 11) is 0. The fourth-order valence-corrected chi connectivity index (χ4v) is 5.39. The maximum absolute atomic E-state index is 12.5. The molecule has 1 unspecified atom stereocenters. The van der Waals surface area contributed by atoms with Crippen LogP contribution in [0.5, 0.6) is 0 Å². The molecule has 0 saturated heterocycles. The van der Waals surface area contributed by atoms with Crippen molar-refractivity contribution in [1.82, 2.24) is 9.78 Å². The van der Waals surface area contributed by atoms with Gasteiger partial charge in [0, 0.05) is 21.8 Å². The Morgan fingerprint density at radius 1 is 1.38 bits per heavy atom. The normalized spacial score (nSPS) is 21.0. The number of hydrogen-bond donors (Lipinski definition) is 0. The van der Waals surface area contributed by atoms with Crippen LogP contribution < -0.4 is 0 Å². The van der Waals surface area contributed by atoms with Gasteiger partial charge in [0.1, 0.15) is 0 Å². The second kappa shape index (κ2) is 6.76. The van der Waals surface area contributed by atoms with Crippen molar-refractivity contribution < 1.29 is 9.53 Å². The number of hydrogen-bond acceptors (Lipinski definition) is 4. The number of thioether (sulfide) groups is 1. The molecule has 0 N–H and O–H groups in total. The minimum absolute atomic E-state index is 0.294. The monoisotopic (exact) mass is 370 g/mol. The quantitative estimate of drug-likeness (QED) is 0.672. The fraction of sp³-hybridized carbons (Fsp3) is 0.524. The van der Waals surface area contributed by atoms with Gasteiger partial charge in [0.2, 0.25) is 0 Å². The van der Waals surface area contributed by atoms with Gasteiger partial charge < -0.3 is 4.74 Å². The third kappa shape index (κ3) is 3.07. The summed E-state index contributed by atoms with van der Waals surface area (Å²) in [5.41, 5.74) is 4.19. The molecule has 2 aliphatic rings. The number of ether oxygens (including phenoxy) is 1. The van der Waals surface area contributed by atoms with E-state index in [9.17, 15) is 4.79 Å². The average molecular weight is 371 g/mol. The Labute approximate surface area is 159 Å². The van der Waals surface area contributed by atoms with Gasteiger partial charge >= 0.3 is 5.97 Å². The topological polar surface area (TPSA) is 44.1 Å². The van der Waals surface area contributed by atoms with Gasteiger partial charge in [0.25, 0.3) is 0 Å². The summed E-state index contributed by atoms with van der Waals surface area (Å²) < 4.78 is 7.45. The summed E-state index contributed by atoms with van der Waals surface area (Å²) in [6, 6.07) is 8.80. The molecule has 5 heteroatoms. The van der Waals surface area contributed by atoms with Crippen LogP contribution in [0, 0.1) is 5.41 Å². The van der Waals surface area contributed by atoms with Crippen molar-refractivity contribution in [2.24, 2.45) is 5.41 Å². The van der Waals surface area contributed by atoms with Crippen molar-refractivity contribution in [3.63, 3.8) is 0 Å². The van der Waals surface area contributed by atoms with E-state index in [0.717, 1.165) is 29.9 Å². The molecular formula is C21H26N2O2S. The van der Waals surface area contributed by atoms with Gasteiger partial charge in [-0.2, -0.15) is 5.10 Å². The number of esters is 1. The molecule has 2 aromatic rings. The summed E-state index contributed by atoms with van der Waals surface area (Å²) in [5.74, 6) is 0.480. The van der Waals surface area contributed by atoms with E-state index >= 15 is 0 Å². The highest BCUT2D eigenvalue weighted by Crippen LogP contribution is 2.47. The van der Waals surface area contributed by atoms with Crippen LogP contribution in [0.25, 0.3) is 11.3 Å². The maximum Gasteiger partial charge on any atom is 0.359 e. The zero-order valence-corrected chi connectivity index (χ0v) is 16.6. The molecule has 0 radical (unpaired) electrons. The van der Waals surface area contributed by atoms with Crippen molar-refractivity contribution in [3.05, 3.63) is 35.5 Å². The number of carbonyl (C=O) groups is 1. The maximum atomic E-state index is 12.5. The average Bonchev–Trinajstić information content (AvgIpc) is 3.01. The highest BCUT2D eigenvalue weighted by Gasteiger charge is 2.35. The van der Waals surface area contributed by atoms with Crippen molar-refractivity contribution in [2.75, 3.05) is 6.61 Å². The van der Waals surface area contributed by atoms with E-state index in [1.54, 1.807) is 11.8 Å². The number of carbonyl (C=O) groups excluding carboxylic acids is 1. The minimum Gasteiger partial charge on any atom is -0.461 e. The van der Waals surface area contributed by atoms with Gasteiger partial charge in [-0.05, 0) is 37.7 Å². The molecule has 0 spiro atoms. The summed E-state index contributed by atoms with van der Waals surface area (Å²) in [6.45, 7) is 6.89. The predicted octanol–water partition coefficient (Wildman–Crippen LogP) is 5.47. The van der Waals surface area contributed by atoms with Crippen LogP contribution in [0.15, 0.2) is 29.2 Å². The first-order valence-corrected chi connectivity index (χ1v) is 10.5. The summed E-state index contributed by atoms with van der Waals surface area (Å²) in [6.07, 6.45) is 4.68. The molecule has 4 nitrogen and oxygen atoms in total. The number of benzene rings is 1. The lowest BCUT2D eigenvalue weighted by Crippen LogP contribution is -2.26. The number of fused-ring (bicyclic) bond motifs is 3. The molecule has 1 fully saturated rings. The molecule has 1 saturated carbocycles. The van der Waals surface area contributed by atoms with Crippen molar-refractivity contribution in [1.29, 1.82) is 0 Å². The van der Waals surface area contributed by atoms with E-state index in [1.165, 1.54) is 23.3 Å². The summed E-state index contributed by atoms with van der Waals surface area (Å²) in [5, 5.41) is 4.83. The van der Waals surface area contributed by atoms with Crippen LogP contribution >= 0.6 is 11.8 Å². The molecule has 1 aliphatic carbocycles. The van der Waals surface area contributed by atoms with Gasteiger partial charge in [-0.15, -0.1) is 11.8 Å². The molecule has 26 heavy (non-hydrogen) atoms. The van der Waals surface area contributed by atoms with E-state index in [1.807, 2.05) is 6.92 Å². The SMILES string of the molecule is CCOC(=O)c1nn(C2CCCC(C)(C)C2)c2c1CSc1ccccc1-2. The lowest BCUT2D eigenvalue weighted by molar-refractivity contribution is 0.0516. The molecule has 1 aromatic heterocycles. The third-order valence-corrected chi connectivity index (χ3v) is 6.62. The molecule has 1 aliphatic heterocycles. The van der Waals surface area contributed by atoms with Crippen LogP contribution in [-0.2, 0) is 10.5 Å². The molecule has 0 amide bonds. The Kier molecular flexibility index (Phi) is 4.59. The number of nitrogens with zero attached hydrogens (tertiary/aromatic N) is 2. The second-order valence-electron chi connectivity index (χ2n) is 8.04. The van der Waals surface area contributed by atoms with Crippen LogP contribution in [0.1, 0.15) is 68.5 Å². The molecule has 2 heterocycles. The minimum atomic E-state index is -0.294. The third-order valence-electron chi connectivity index (χ3n) is 5.52. The predicted molar refractivity (Wildman–Crippen MR) is 104 cm³/mol. The van der Waals surface area contributed by atoms with E-state index < -0.39 is 0 Å². The Morgan fingerprint density at radius 3 is 2.96 bits per heavy atom. The lowest BCUT2D eigenvalue weighted by atomic mass is 9.75. The molecule has 0 bridgehead atoms.